The Balaban J connectivity index is 1.36. The Morgan fingerprint density at radius 1 is 1.00 bits per heavy atom. The van der Waals surface area contributed by atoms with E-state index < -0.39 is 0 Å². The first-order chi connectivity index (χ1) is 15.8. The van der Waals surface area contributed by atoms with Gasteiger partial charge in [-0.1, -0.05) is 36.4 Å². The number of carbonyl (C=O) groups excluding carboxylic acids is 1. The van der Waals surface area contributed by atoms with Crippen LogP contribution in [-0.4, -0.2) is 30.4 Å². The molecule has 0 saturated carbocycles. The molecule has 0 radical (unpaired) electrons. The third-order valence-corrected chi connectivity index (χ3v) is 5.94. The zero-order valence-corrected chi connectivity index (χ0v) is 17.8. The van der Waals surface area contributed by atoms with E-state index in [1.54, 1.807) is 6.26 Å². The molecule has 0 spiro atoms. The Morgan fingerprint density at radius 3 is 2.56 bits per heavy atom. The summed E-state index contributed by atoms with van der Waals surface area (Å²) in [5.41, 5.74) is 1.42. The van der Waals surface area contributed by atoms with Crippen molar-refractivity contribution in [2.24, 2.45) is 0 Å². The minimum atomic E-state index is -0.247. The summed E-state index contributed by atoms with van der Waals surface area (Å²) in [6, 6.07) is 21.1. The number of nitrogens with zero attached hydrogens (tertiary/aromatic N) is 1. The highest BCUT2D eigenvalue weighted by Crippen LogP contribution is 2.28. The van der Waals surface area contributed by atoms with E-state index in [9.17, 15) is 4.79 Å². The van der Waals surface area contributed by atoms with E-state index in [1.165, 1.54) is 0 Å². The van der Waals surface area contributed by atoms with Crippen LogP contribution in [0.3, 0.4) is 0 Å². The predicted octanol–water partition coefficient (Wildman–Crippen LogP) is 5.17. The van der Waals surface area contributed by atoms with Crippen LogP contribution in [0.15, 0.2) is 81.8 Å². The van der Waals surface area contributed by atoms with Gasteiger partial charge in [0.2, 0.25) is 0 Å². The van der Waals surface area contributed by atoms with E-state index >= 15 is 0 Å². The summed E-state index contributed by atoms with van der Waals surface area (Å²) in [6.07, 6.45) is 4.00. The number of amides is 1. The largest absolute Gasteiger partial charge is 0.489 e. The Labute approximate surface area is 186 Å². The molecule has 1 N–H and O–H groups in total. The van der Waals surface area contributed by atoms with Crippen LogP contribution in [0, 0.1) is 0 Å². The first-order valence-electron chi connectivity index (χ1n) is 11.0. The second-order valence-corrected chi connectivity index (χ2v) is 7.99. The van der Waals surface area contributed by atoms with Crippen molar-refractivity contribution in [1.29, 1.82) is 0 Å². The van der Waals surface area contributed by atoms with E-state index in [-0.39, 0.29) is 18.6 Å². The Morgan fingerprint density at radius 2 is 1.78 bits per heavy atom. The molecular weight excluding hydrogens is 404 g/mol. The molecule has 3 heterocycles. The molecule has 164 valence electrons. The number of hydrogen-bond acceptors (Lipinski definition) is 5. The van der Waals surface area contributed by atoms with Crippen molar-refractivity contribution < 1.29 is 18.4 Å². The summed E-state index contributed by atoms with van der Waals surface area (Å²) in [5, 5.41) is 3.96. The number of likely N-dealkylation sites (tertiary alicyclic amines) is 1. The number of para-hydroxylation sites is 2. The maximum Gasteiger partial charge on any atom is 0.287 e. The highest BCUT2D eigenvalue weighted by atomic mass is 16.5. The molecule has 1 fully saturated rings. The third kappa shape index (κ3) is 4.27. The molecule has 1 atom stereocenters. The van der Waals surface area contributed by atoms with Gasteiger partial charge in [-0.05, 0) is 56.3 Å². The summed E-state index contributed by atoms with van der Waals surface area (Å²) in [7, 11) is 0. The fraction of sp³-hybridized carbons (Fsp3) is 0.269. The molecule has 2 aromatic carbocycles. The molecule has 1 aliphatic rings. The van der Waals surface area contributed by atoms with Crippen LogP contribution in [0.5, 0.6) is 5.75 Å². The van der Waals surface area contributed by atoms with Crippen molar-refractivity contribution in [3.63, 3.8) is 0 Å². The van der Waals surface area contributed by atoms with Gasteiger partial charge in [0.1, 0.15) is 23.7 Å². The van der Waals surface area contributed by atoms with Crippen molar-refractivity contribution in [2.45, 2.75) is 25.5 Å². The van der Waals surface area contributed by atoms with Crippen molar-refractivity contribution in [3.8, 4) is 5.75 Å². The lowest BCUT2D eigenvalue weighted by molar-refractivity contribution is 0.0905. The highest BCUT2D eigenvalue weighted by Gasteiger charge is 2.27. The molecule has 32 heavy (non-hydrogen) atoms. The lowest BCUT2D eigenvalue weighted by atomic mass is 10.1. The van der Waals surface area contributed by atoms with Crippen LogP contribution in [0.4, 0.5) is 0 Å². The number of ether oxygens (including phenoxy) is 1. The van der Waals surface area contributed by atoms with Gasteiger partial charge in [-0.3, -0.25) is 9.69 Å². The van der Waals surface area contributed by atoms with Crippen molar-refractivity contribution in [2.75, 3.05) is 19.6 Å². The second kappa shape index (κ2) is 9.32. The van der Waals surface area contributed by atoms with E-state index in [2.05, 4.69) is 10.2 Å². The first kappa shape index (κ1) is 20.4. The number of fused-ring (bicyclic) bond motifs is 1. The average molecular weight is 431 g/mol. The van der Waals surface area contributed by atoms with Crippen LogP contribution < -0.4 is 10.1 Å². The van der Waals surface area contributed by atoms with E-state index in [4.69, 9.17) is 13.6 Å². The Bertz CT molecular complexity index is 1160. The average Bonchev–Trinajstić information content (AvgIpc) is 3.60. The topological polar surface area (TPSA) is 67.9 Å². The molecule has 1 unspecified atom stereocenters. The first-order valence-corrected chi connectivity index (χ1v) is 11.0. The summed E-state index contributed by atoms with van der Waals surface area (Å²) in [5.74, 6) is 1.66. The second-order valence-electron chi connectivity index (χ2n) is 7.99. The minimum absolute atomic E-state index is 0.00449. The molecule has 4 aromatic rings. The van der Waals surface area contributed by atoms with Gasteiger partial charge in [-0.15, -0.1) is 0 Å². The number of benzene rings is 2. The number of rotatable bonds is 8. The van der Waals surface area contributed by atoms with Gasteiger partial charge >= 0.3 is 0 Å². The summed E-state index contributed by atoms with van der Waals surface area (Å²) >= 11 is 0. The van der Waals surface area contributed by atoms with Crippen LogP contribution in [0.2, 0.25) is 0 Å². The summed E-state index contributed by atoms with van der Waals surface area (Å²) in [4.78, 5) is 15.6. The van der Waals surface area contributed by atoms with Gasteiger partial charge < -0.3 is 18.9 Å². The van der Waals surface area contributed by atoms with Crippen molar-refractivity contribution in [3.05, 3.63) is 90.1 Å². The SMILES string of the molecule is O=C(NCC(c1ccco1)N1CCCC1)c1oc2ccccc2c1COc1ccccc1. The van der Waals surface area contributed by atoms with Crippen LogP contribution in [-0.2, 0) is 6.61 Å². The molecular formula is C26H26N2O4. The van der Waals surface area contributed by atoms with Gasteiger partial charge in [-0.25, -0.2) is 0 Å². The zero-order chi connectivity index (χ0) is 21.8. The number of nitrogens with one attached hydrogen (secondary N) is 1. The number of carbonyl (C=O) groups is 1. The molecule has 6 heteroatoms. The third-order valence-electron chi connectivity index (χ3n) is 5.94. The van der Waals surface area contributed by atoms with Crippen molar-refractivity contribution >= 4 is 16.9 Å². The van der Waals surface area contributed by atoms with E-state index in [0.717, 1.165) is 48.4 Å². The zero-order valence-electron chi connectivity index (χ0n) is 17.8. The molecule has 1 aliphatic heterocycles. The normalized spacial score (nSPS) is 15.1. The van der Waals surface area contributed by atoms with Crippen LogP contribution in [0.1, 0.15) is 40.8 Å². The Hall–Kier alpha value is -3.51. The van der Waals surface area contributed by atoms with Gasteiger partial charge in [0, 0.05) is 17.5 Å². The fourth-order valence-electron chi connectivity index (χ4n) is 4.31. The minimum Gasteiger partial charge on any atom is -0.489 e. The summed E-state index contributed by atoms with van der Waals surface area (Å²) < 4.78 is 17.6. The molecule has 2 aromatic heterocycles. The number of furan rings is 2. The maximum absolute atomic E-state index is 13.2. The highest BCUT2D eigenvalue weighted by molar-refractivity contribution is 5.99. The standard InChI is InChI=1S/C26H26N2O4/c29-26(27-17-22(24-13-8-16-30-24)28-14-6-7-15-28)25-21(18-31-19-9-2-1-3-10-19)20-11-4-5-12-23(20)32-25/h1-5,8-13,16,22H,6-7,14-15,17-18H2,(H,27,29). The van der Waals surface area contributed by atoms with Gasteiger partial charge in [0.05, 0.1) is 12.3 Å². The van der Waals surface area contributed by atoms with E-state index in [0.29, 0.717) is 17.9 Å². The van der Waals surface area contributed by atoms with Crippen LogP contribution >= 0.6 is 0 Å². The monoisotopic (exact) mass is 430 g/mol. The van der Waals surface area contributed by atoms with Crippen molar-refractivity contribution in [1.82, 2.24) is 10.2 Å². The fourth-order valence-corrected chi connectivity index (χ4v) is 4.31. The van der Waals surface area contributed by atoms with Gasteiger partial charge in [0.25, 0.3) is 5.91 Å². The quantitative estimate of drug-likeness (QED) is 0.418. The lowest BCUT2D eigenvalue weighted by Crippen LogP contribution is -2.36. The molecule has 1 amide bonds. The van der Waals surface area contributed by atoms with E-state index in [1.807, 2.05) is 66.7 Å². The molecule has 0 bridgehead atoms. The number of hydrogen-bond donors (Lipinski definition) is 1. The Kier molecular flexibility index (Phi) is 5.94. The smallest absolute Gasteiger partial charge is 0.287 e. The van der Waals surface area contributed by atoms with Gasteiger partial charge in [-0.2, -0.15) is 0 Å². The molecule has 1 saturated heterocycles. The molecule has 5 rings (SSSR count). The lowest BCUT2D eigenvalue weighted by Gasteiger charge is -2.25. The predicted molar refractivity (Wildman–Crippen MR) is 122 cm³/mol. The van der Waals surface area contributed by atoms with Gasteiger partial charge in [0.15, 0.2) is 5.76 Å². The summed E-state index contributed by atoms with van der Waals surface area (Å²) in [6.45, 7) is 2.70. The molecule has 6 nitrogen and oxygen atoms in total. The van der Waals surface area contributed by atoms with Crippen LogP contribution in [0.25, 0.3) is 11.0 Å². The molecule has 0 aliphatic carbocycles. The maximum atomic E-state index is 13.2.